The Balaban J connectivity index is 2.61. The minimum atomic E-state index is -0.404. The fraction of sp³-hybridized carbons (Fsp3) is 0.667. The number of nitrogens with two attached hydrogens (primary N) is 1. The van der Waals surface area contributed by atoms with Crippen LogP contribution in [0, 0.1) is 12.8 Å². The Morgan fingerprint density at radius 2 is 2.29 bits per heavy atom. The second-order valence-electron chi connectivity index (χ2n) is 4.47. The molecule has 4 nitrogen and oxygen atoms in total. The van der Waals surface area contributed by atoms with E-state index < -0.39 is 6.04 Å². The van der Waals surface area contributed by atoms with Crippen LogP contribution in [0.4, 0.5) is 0 Å². The molecule has 0 aromatic carbocycles. The molecule has 1 amide bonds. The van der Waals surface area contributed by atoms with Crippen molar-refractivity contribution in [2.45, 2.75) is 39.8 Å². The summed E-state index contributed by atoms with van der Waals surface area (Å²) in [6.45, 7) is 6.61. The molecule has 0 saturated heterocycles. The van der Waals surface area contributed by atoms with Gasteiger partial charge in [0, 0.05) is 11.9 Å². The zero-order valence-electron chi connectivity index (χ0n) is 10.9. The second-order valence-corrected chi connectivity index (χ2v) is 5.41. The lowest BCUT2D eigenvalue weighted by Crippen LogP contribution is -2.45. The highest BCUT2D eigenvalue weighted by atomic mass is 32.1. The number of hydrogen-bond donors (Lipinski definition) is 1. The molecule has 0 bridgehead atoms. The third-order valence-corrected chi connectivity index (χ3v) is 4.06. The predicted octanol–water partition coefficient (Wildman–Crippen LogP) is 1.78. The number of nitrogens with zero attached hydrogens (tertiary/aromatic N) is 2. The fourth-order valence-corrected chi connectivity index (χ4v) is 2.35. The molecule has 0 aliphatic rings. The first kappa shape index (κ1) is 14.1. The lowest BCUT2D eigenvalue weighted by molar-refractivity contribution is -0.132. The number of aromatic nitrogens is 1. The minimum Gasteiger partial charge on any atom is -0.339 e. The van der Waals surface area contributed by atoms with Gasteiger partial charge in [0.15, 0.2) is 0 Å². The van der Waals surface area contributed by atoms with Crippen molar-refractivity contribution in [3.8, 4) is 0 Å². The quantitative estimate of drug-likeness (QED) is 0.872. The summed E-state index contributed by atoms with van der Waals surface area (Å²) in [5.74, 6) is 0.222. The summed E-state index contributed by atoms with van der Waals surface area (Å²) in [5, 5.41) is 0. The van der Waals surface area contributed by atoms with Crippen LogP contribution >= 0.6 is 11.3 Å². The molecule has 1 aromatic rings. The molecular formula is C12H21N3OS. The standard InChI is InChI=1S/C12H21N3OS/c1-5-8(2)11(13)12(16)15(4)6-10-9(3)14-7-17-10/h7-8,11H,5-6,13H2,1-4H3/t8-,11-/m0/s1. The minimum absolute atomic E-state index is 0.00662. The summed E-state index contributed by atoms with van der Waals surface area (Å²) in [7, 11) is 1.80. The van der Waals surface area contributed by atoms with Crippen molar-refractivity contribution in [3.05, 3.63) is 16.1 Å². The zero-order valence-corrected chi connectivity index (χ0v) is 11.8. The van der Waals surface area contributed by atoms with E-state index in [0.29, 0.717) is 6.54 Å². The number of aryl methyl sites for hydroxylation is 1. The van der Waals surface area contributed by atoms with Gasteiger partial charge in [-0.05, 0) is 12.8 Å². The largest absolute Gasteiger partial charge is 0.339 e. The van der Waals surface area contributed by atoms with E-state index in [1.807, 2.05) is 20.8 Å². The summed E-state index contributed by atoms with van der Waals surface area (Å²) in [6.07, 6.45) is 0.917. The van der Waals surface area contributed by atoms with Gasteiger partial charge >= 0.3 is 0 Å². The Kier molecular flexibility index (Phi) is 5.08. The van der Waals surface area contributed by atoms with E-state index in [9.17, 15) is 4.79 Å². The van der Waals surface area contributed by atoms with Gasteiger partial charge in [0.2, 0.25) is 5.91 Å². The molecule has 5 heteroatoms. The maximum absolute atomic E-state index is 12.1. The van der Waals surface area contributed by atoms with Gasteiger partial charge in [0.25, 0.3) is 0 Å². The van der Waals surface area contributed by atoms with Gasteiger partial charge in [-0.1, -0.05) is 20.3 Å². The van der Waals surface area contributed by atoms with Crippen molar-refractivity contribution in [2.75, 3.05) is 7.05 Å². The molecule has 0 radical (unpaired) electrons. The Hall–Kier alpha value is -0.940. The molecule has 0 fully saturated rings. The van der Waals surface area contributed by atoms with Crippen LogP contribution in [-0.2, 0) is 11.3 Å². The number of rotatable bonds is 5. The molecule has 2 N–H and O–H groups in total. The Morgan fingerprint density at radius 3 is 2.76 bits per heavy atom. The average molecular weight is 255 g/mol. The highest BCUT2D eigenvalue weighted by Crippen LogP contribution is 2.15. The van der Waals surface area contributed by atoms with Gasteiger partial charge < -0.3 is 10.6 Å². The Morgan fingerprint density at radius 1 is 1.65 bits per heavy atom. The van der Waals surface area contributed by atoms with Crippen molar-refractivity contribution >= 4 is 17.2 Å². The molecule has 1 aromatic heterocycles. The van der Waals surface area contributed by atoms with E-state index in [0.717, 1.165) is 17.0 Å². The highest BCUT2D eigenvalue weighted by Gasteiger charge is 2.23. The first-order chi connectivity index (χ1) is 7.97. The molecule has 2 atom stereocenters. The van der Waals surface area contributed by atoms with Crippen molar-refractivity contribution in [2.24, 2.45) is 11.7 Å². The van der Waals surface area contributed by atoms with Crippen LogP contribution in [0.3, 0.4) is 0 Å². The first-order valence-corrected chi connectivity index (χ1v) is 6.74. The molecule has 0 aliphatic heterocycles. The molecule has 17 heavy (non-hydrogen) atoms. The highest BCUT2D eigenvalue weighted by molar-refractivity contribution is 7.09. The zero-order chi connectivity index (χ0) is 13.0. The van der Waals surface area contributed by atoms with Crippen LogP contribution in [-0.4, -0.2) is 28.9 Å². The summed E-state index contributed by atoms with van der Waals surface area (Å²) >= 11 is 1.58. The van der Waals surface area contributed by atoms with Crippen LogP contribution in [0.2, 0.25) is 0 Å². The fourth-order valence-electron chi connectivity index (χ4n) is 1.52. The summed E-state index contributed by atoms with van der Waals surface area (Å²) < 4.78 is 0. The van der Waals surface area contributed by atoms with Crippen LogP contribution in [0.5, 0.6) is 0 Å². The third-order valence-electron chi connectivity index (χ3n) is 3.14. The first-order valence-electron chi connectivity index (χ1n) is 5.86. The van der Waals surface area contributed by atoms with E-state index in [2.05, 4.69) is 4.98 Å². The molecule has 0 saturated carbocycles. The lowest BCUT2D eigenvalue weighted by atomic mass is 9.99. The SMILES string of the molecule is CC[C@H](C)[C@H](N)C(=O)N(C)Cc1scnc1C. The van der Waals surface area contributed by atoms with Crippen molar-refractivity contribution in [1.82, 2.24) is 9.88 Å². The molecule has 0 unspecified atom stereocenters. The molecule has 96 valence electrons. The van der Waals surface area contributed by atoms with Crippen LogP contribution in [0.1, 0.15) is 30.8 Å². The Labute approximate surface area is 107 Å². The van der Waals surface area contributed by atoms with Crippen molar-refractivity contribution in [3.63, 3.8) is 0 Å². The van der Waals surface area contributed by atoms with Gasteiger partial charge in [0.05, 0.1) is 23.8 Å². The van der Waals surface area contributed by atoms with Gasteiger partial charge in [0.1, 0.15) is 0 Å². The summed E-state index contributed by atoms with van der Waals surface area (Å²) in [6, 6.07) is -0.404. The van der Waals surface area contributed by atoms with E-state index >= 15 is 0 Å². The van der Waals surface area contributed by atoms with Crippen LogP contribution in [0.25, 0.3) is 0 Å². The maximum atomic E-state index is 12.1. The average Bonchev–Trinajstić information content (AvgIpc) is 2.72. The second kappa shape index (κ2) is 6.12. The predicted molar refractivity (Wildman–Crippen MR) is 70.8 cm³/mol. The normalized spacial score (nSPS) is 14.4. The number of carbonyl (C=O) groups excluding carboxylic acids is 1. The molecular weight excluding hydrogens is 234 g/mol. The molecule has 1 rings (SSSR count). The van der Waals surface area contributed by atoms with Crippen molar-refractivity contribution < 1.29 is 4.79 Å². The summed E-state index contributed by atoms with van der Waals surface area (Å²) in [5.41, 5.74) is 8.73. The monoisotopic (exact) mass is 255 g/mol. The van der Waals surface area contributed by atoms with Crippen LogP contribution in [0.15, 0.2) is 5.51 Å². The van der Waals surface area contributed by atoms with Gasteiger partial charge in [-0.25, -0.2) is 4.98 Å². The number of amides is 1. The van der Waals surface area contributed by atoms with Gasteiger partial charge in [-0.3, -0.25) is 4.79 Å². The molecule has 1 heterocycles. The molecule has 0 aliphatic carbocycles. The number of hydrogen-bond acceptors (Lipinski definition) is 4. The van der Waals surface area contributed by atoms with E-state index in [-0.39, 0.29) is 11.8 Å². The van der Waals surface area contributed by atoms with E-state index in [1.54, 1.807) is 28.8 Å². The number of carbonyl (C=O) groups is 1. The number of thiazole rings is 1. The Bertz CT molecular complexity index is 378. The topological polar surface area (TPSA) is 59.2 Å². The van der Waals surface area contributed by atoms with Crippen LogP contribution < -0.4 is 5.73 Å². The maximum Gasteiger partial charge on any atom is 0.239 e. The summed E-state index contributed by atoms with van der Waals surface area (Å²) in [4.78, 5) is 19.1. The number of likely N-dealkylation sites (N-methyl/N-ethyl adjacent to an activating group) is 1. The van der Waals surface area contributed by atoms with Crippen molar-refractivity contribution in [1.29, 1.82) is 0 Å². The third kappa shape index (κ3) is 3.51. The molecule has 0 spiro atoms. The van der Waals surface area contributed by atoms with Gasteiger partial charge in [-0.15, -0.1) is 11.3 Å². The van der Waals surface area contributed by atoms with E-state index in [1.165, 1.54) is 0 Å². The van der Waals surface area contributed by atoms with E-state index in [4.69, 9.17) is 5.73 Å². The smallest absolute Gasteiger partial charge is 0.239 e. The lowest BCUT2D eigenvalue weighted by Gasteiger charge is -2.24. The van der Waals surface area contributed by atoms with Gasteiger partial charge in [-0.2, -0.15) is 0 Å².